The van der Waals surface area contributed by atoms with Crippen LogP contribution in [0.1, 0.15) is 55.5 Å². The molecule has 0 fully saturated rings. The molecule has 1 aliphatic carbocycles. The van der Waals surface area contributed by atoms with Gasteiger partial charge in [-0.25, -0.2) is 4.79 Å². The summed E-state index contributed by atoms with van der Waals surface area (Å²) in [6, 6.07) is 13.6. The van der Waals surface area contributed by atoms with Crippen molar-refractivity contribution in [2.24, 2.45) is 0 Å². The molecular weight excluding hydrogens is 466 g/mol. The van der Waals surface area contributed by atoms with E-state index in [0.717, 1.165) is 24.6 Å². The van der Waals surface area contributed by atoms with Gasteiger partial charge in [0.05, 0.1) is 12.6 Å². The van der Waals surface area contributed by atoms with E-state index in [9.17, 15) is 9.90 Å². The van der Waals surface area contributed by atoms with Crippen LogP contribution < -0.4 is 0 Å². The van der Waals surface area contributed by atoms with Gasteiger partial charge in [0.25, 0.3) is 0 Å². The molecule has 0 radical (unpaired) electrons. The highest BCUT2D eigenvalue weighted by molar-refractivity contribution is 9.08. The highest BCUT2D eigenvalue weighted by Crippen LogP contribution is 2.29. The van der Waals surface area contributed by atoms with E-state index in [0.29, 0.717) is 10.6 Å². The Hall–Kier alpha value is -1.56. The van der Waals surface area contributed by atoms with Crippen molar-refractivity contribution in [3.05, 3.63) is 69.7 Å². The lowest BCUT2D eigenvalue weighted by Gasteiger charge is -2.37. The smallest absolute Gasteiger partial charge is 0.410 e. The first-order chi connectivity index (χ1) is 14.2. The number of fused-ring (bicyclic) bond motifs is 1. The number of hydrogen-bond acceptors (Lipinski definition) is 3. The predicted molar refractivity (Wildman–Crippen MR) is 124 cm³/mol. The van der Waals surface area contributed by atoms with Crippen molar-refractivity contribution in [1.82, 2.24) is 4.90 Å². The van der Waals surface area contributed by atoms with E-state index in [1.165, 1.54) is 16.7 Å². The normalized spacial score (nSPS) is 17.2. The molecule has 0 bridgehead atoms. The van der Waals surface area contributed by atoms with Gasteiger partial charge in [0, 0.05) is 16.4 Å². The lowest BCUT2D eigenvalue weighted by Crippen LogP contribution is -2.47. The number of rotatable bonds is 5. The fourth-order valence-corrected chi connectivity index (χ4v) is 4.39. The van der Waals surface area contributed by atoms with E-state index in [1.807, 2.05) is 26.8 Å². The van der Waals surface area contributed by atoms with Crippen LogP contribution in [0.15, 0.2) is 42.5 Å². The second-order valence-electron chi connectivity index (χ2n) is 8.84. The molecule has 0 heterocycles. The fraction of sp³-hybridized carbons (Fsp3) is 0.458. The molecule has 4 nitrogen and oxygen atoms in total. The second kappa shape index (κ2) is 9.71. The number of nitrogens with zero attached hydrogens (tertiary/aromatic N) is 1. The Labute approximate surface area is 192 Å². The first-order valence-corrected chi connectivity index (χ1v) is 11.8. The van der Waals surface area contributed by atoms with Crippen LogP contribution in [0.5, 0.6) is 0 Å². The van der Waals surface area contributed by atoms with E-state index >= 15 is 0 Å². The van der Waals surface area contributed by atoms with Gasteiger partial charge in [-0.3, -0.25) is 0 Å². The molecule has 3 rings (SSSR count). The minimum absolute atomic E-state index is 0.0354. The molecule has 2 aromatic carbocycles. The Kier molecular flexibility index (Phi) is 7.48. The largest absolute Gasteiger partial charge is 0.444 e. The average molecular weight is 495 g/mol. The lowest BCUT2D eigenvalue weighted by molar-refractivity contribution is 0.00196. The molecule has 30 heavy (non-hydrogen) atoms. The number of ether oxygens (including phenoxy) is 1. The summed E-state index contributed by atoms with van der Waals surface area (Å²) in [6.07, 6.45) is 1.25. The van der Waals surface area contributed by atoms with E-state index in [2.05, 4.69) is 34.1 Å². The van der Waals surface area contributed by atoms with Crippen LogP contribution in [-0.2, 0) is 22.9 Å². The van der Waals surface area contributed by atoms with Gasteiger partial charge >= 0.3 is 6.09 Å². The molecular formula is C24H29BrClNO3. The number of carbonyl (C=O) groups is 1. The molecule has 0 unspecified atom stereocenters. The topological polar surface area (TPSA) is 49.8 Å². The number of aryl methyl sites for hydroxylation is 1. The lowest BCUT2D eigenvalue weighted by atomic mass is 9.86. The average Bonchev–Trinajstić information content (AvgIpc) is 2.69. The number of aliphatic hydroxyl groups is 1. The Morgan fingerprint density at radius 3 is 2.70 bits per heavy atom. The van der Waals surface area contributed by atoms with E-state index in [1.54, 1.807) is 23.1 Å². The quantitative estimate of drug-likeness (QED) is 0.514. The van der Waals surface area contributed by atoms with Crippen LogP contribution in [0.25, 0.3) is 0 Å². The molecule has 2 atom stereocenters. The third-order valence-electron chi connectivity index (χ3n) is 5.30. The Balaban J connectivity index is 1.84. The maximum Gasteiger partial charge on any atom is 0.410 e. The zero-order valence-electron chi connectivity index (χ0n) is 17.7. The van der Waals surface area contributed by atoms with Gasteiger partial charge in [-0.1, -0.05) is 57.9 Å². The molecule has 1 aliphatic rings. The van der Waals surface area contributed by atoms with Gasteiger partial charge in [-0.2, -0.15) is 0 Å². The SMILES string of the molecule is CC(C)(C)OC(=O)N(C[C@@H](O)c1cccc(Cl)c1)[C@H]1CCc2ccc(CBr)cc2C1. The third-order valence-corrected chi connectivity index (χ3v) is 6.18. The number of hydrogen-bond donors (Lipinski definition) is 1. The predicted octanol–water partition coefficient (Wildman–Crippen LogP) is 6.06. The summed E-state index contributed by atoms with van der Waals surface area (Å²) in [5, 5.41) is 12.2. The van der Waals surface area contributed by atoms with Crippen LogP contribution in [0.2, 0.25) is 5.02 Å². The van der Waals surface area contributed by atoms with Crippen molar-refractivity contribution in [2.45, 2.75) is 63.1 Å². The van der Waals surface area contributed by atoms with Crippen LogP contribution in [0.4, 0.5) is 4.79 Å². The fourth-order valence-electron chi connectivity index (χ4n) is 3.84. The molecule has 0 saturated heterocycles. The maximum atomic E-state index is 13.1. The van der Waals surface area contributed by atoms with Crippen LogP contribution >= 0.6 is 27.5 Å². The van der Waals surface area contributed by atoms with Crippen LogP contribution in [0, 0.1) is 0 Å². The molecule has 0 aromatic heterocycles. The third kappa shape index (κ3) is 5.99. The number of aliphatic hydroxyl groups excluding tert-OH is 1. The van der Waals surface area contributed by atoms with Crippen molar-refractivity contribution >= 4 is 33.6 Å². The van der Waals surface area contributed by atoms with Crippen molar-refractivity contribution in [3.63, 3.8) is 0 Å². The maximum absolute atomic E-state index is 13.1. The van der Waals surface area contributed by atoms with Crippen molar-refractivity contribution < 1.29 is 14.6 Å². The molecule has 6 heteroatoms. The van der Waals surface area contributed by atoms with E-state index in [-0.39, 0.29) is 12.6 Å². The first-order valence-electron chi connectivity index (χ1n) is 10.3. The molecule has 2 aromatic rings. The molecule has 0 saturated carbocycles. The molecule has 1 N–H and O–H groups in total. The summed E-state index contributed by atoms with van der Waals surface area (Å²) in [5.41, 5.74) is 3.89. The van der Waals surface area contributed by atoms with Gasteiger partial charge in [0.15, 0.2) is 0 Å². The summed E-state index contributed by atoms with van der Waals surface area (Å²) in [4.78, 5) is 14.8. The molecule has 162 valence electrons. The van der Waals surface area contributed by atoms with Crippen molar-refractivity contribution in [2.75, 3.05) is 6.54 Å². The number of amides is 1. The second-order valence-corrected chi connectivity index (χ2v) is 9.83. The Bertz CT molecular complexity index is 896. The summed E-state index contributed by atoms with van der Waals surface area (Å²) >= 11 is 9.61. The van der Waals surface area contributed by atoms with E-state index < -0.39 is 17.8 Å². The van der Waals surface area contributed by atoms with Gasteiger partial charge < -0.3 is 14.7 Å². The summed E-state index contributed by atoms with van der Waals surface area (Å²) in [6.45, 7) is 5.73. The Morgan fingerprint density at radius 1 is 1.27 bits per heavy atom. The molecule has 1 amide bonds. The summed E-state index contributed by atoms with van der Waals surface area (Å²) in [5.74, 6) is 0. The highest BCUT2D eigenvalue weighted by Gasteiger charge is 2.32. The number of benzene rings is 2. The van der Waals surface area contributed by atoms with Gasteiger partial charge in [-0.15, -0.1) is 0 Å². The van der Waals surface area contributed by atoms with Crippen LogP contribution in [-0.4, -0.2) is 34.3 Å². The van der Waals surface area contributed by atoms with E-state index in [4.69, 9.17) is 16.3 Å². The highest BCUT2D eigenvalue weighted by atomic mass is 79.9. The minimum atomic E-state index is -0.841. The standard InChI is InChI=1S/C24H29BrClNO3/c1-24(2,3)30-23(29)27(15-22(28)18-5-4-6-20(26)12-18)21-10-9-17-8-7-16(14-25)11-19(17)13-21/h4-8,11-12,21-22,28H,9-10,13-15H2,1-3H3/t21-,22+/m0/s1. The minimum Gasteiger partial charge on any atom is -0.444 e. The monoisotopic (exact) mass is 493 g/mol. The van der Waals surface area contributed by atoms with Gasteiger partial charge in [0.2, 0.25) is 0 Å². The number of alkyl halides is 1. The first kappa shape index (κ1) is 23.1. The molecule has 0 aliphatic heterocycles. The van der Waals surface area contributed by atoms with Crippen molar-refractivity contribution in [3.8, 4) is 0 Å². The van der Waals surface area contributed by atoms with Crippen molar-refractivity contribution in [1.29, 1.82) is 0 Å². The van der Waals surface area contributed by atoms with Gasteiger partial charge in [0.1, 0.15) is 5.60 Å². The zero-order valence-corrected chi connectivity index (χ0v) is 20.0. The summed E-state index contributed by atoms with van der Waals surface area (Å²) < 4.78 is 5.69. The molecule has 0 spiro atoms. The zero-order chi connectivity index (χ0) is 21.9. The summed E-state index contributed by atoms with van der Waals surface area (Å²) in [7, 11) is 0. The van der Waals surface area contributed by atoms with Crippen LogP contribution in [0.3, 0.4) is 0 Å². The van der Waals surface area contributed by atoms with Gasteiger partial charge in [-0.05, 0) is 74.4 Å². The Morgan fingerprint density at radius 2 is 2.03 bits per heavy atom. The number of carbonyl (C=O) groups excluding carboxylic acids is 1. The number of halogens is 2.